The Morgan fingerprint density at radius 3 is 2.00 bits per heavy atom. The zero-order valence-corrected chi connectivity index (χ0v) is 22.4. The molecule has 2 aromatic carbocycles. The molecule has 1 unspecified atom stereocenters. The molecule has 1 aliphatic heterocycles. The summed E-state index contributed by atoms with van der Waals surface area (Å²) in [5, 5.41) is 11.7. The number of benzene rings is 2. The van der Waals surface area contributed by atoms with Crippen LogP contribution in [0.3, 0.4) is 0 Å². The van der Waals surface area contributed by atoms with Gasteiger partial charge < -0.3 is 23.9 Å². The fourth-order valence-corrected chi connectivity index (χ4v) is 9.61. The molecule has 0 aliphatic carbocycles. The van der Waals surface area contributed by atoms with Gasteiger partial charge in [0, 0.05) is 19.7 Å². The Hall–Kier alpha value is -2.19. The van der Waals surface area contributed by atoms with Crippen LogP contribution in [0, 0.1) is 5.92 Å². The van der Waals surface area contributed by atoms with Gasteiger partial charge in [0.15, 0.2) is 0 Å². The number of likely N-dealkylation sites (tertiary alicyclic amines) is 1. The molecule has 1 aliphatic rings. The fourth-order valence-electron chi connectivity index (χ4n) is 5.06. The van der Waals surface area contributed by atoms with Gasteiger partial charge in [0.1, 0.15) is 0 Å². The van der Waals surface area contributed by atoms with E-state index >= 15 is 0 Å². The largest absolute Gasteiger partial charge is 0.465 e. The minimum atomic E-state index is -2.52. The van der Waals surface area contributed by atoms with E-state index in [9.17, 15) is 4.79 Å². The normalized spacial score (nSPS) is 16.9. The molecule has 3 rings (SSSR count). The van der Waals surface area contributed by atoms with E-state index in [0.29, 0.717) is 52.0 Å². The third kappa shape index (κ3) is 7.40. The van der Waals surface area contributed by atoms with Gasteiger partial charge in [-0.25, -0.2) is 4.79 Å². The molecule has 1 fully saturated rings. The fraction of sp³-hybridized carbons (Fsp3) is 0.536. The first-order valence-electron chi connectivity index (χ1n) is 12.7. The second-order valence-electron chi connectivity index (χ2n) is 10.3. The molecule has 0 radical (unpaired) electrons. The highest BCUT2D eigenvalue weighted by molar-refractivity contribution is 6.99. The van der Waals surface area contributed by atoms with Crippen molar-refractivity contribution in [2.45, 2.75) is 45.1 Å². The zero-order chi connectivity index (χ0) is 25.2. The van der Waals surface area contributed by atoms with Crippen molar-refractivity contribution in [3.05, 3.63) is 60.7 Å². The van der Waals surface area contributed by atoms with Gasteiger partial charge >= 0.3 is 6.09 Å². The van der Waals surface area contributed by atoms with Gasteiger partial charge in [-0.15, -0.1) is 0 Å². The molecule has 0 bridgehead atoms. The SMILES string of the molecule is CC(C)(C)[Si](OCCOCCOCCC1CCCN(C(=O)O)C1)(c1ccccc1)c1ccccc1. The van der Waals surface area contributed by atoms with Crippen LogP contribution in [0.1, 0.15) is 40.0 Å². The highest BCUT2D eigenvalue weighted by Crippen LogP contribution is 2.36. The maximum Gasteiger partial charge on any atom is 0.407 e. The summed E-state index contributed by atoms with van der Waals surface area (Å²) in [6.07, 6.45) is 2.08. The van der Waals surface area contributed by atoms with E-state index in [4.69, 9.17) is 19.0 Å². The lowest BCUT2D eigenvalue weighted by atomic mass is 9.95. The van der Waals surface area contributed by atoms with Crippen molar-refractivity contribution < 1.29 is 23.8 Å². The number of piperidine rings is 1. The smallest absolute Gasteiger partial charge is 0.407 e. The summed E-state index contributed by atoms with van der Waals surface area (Å²) in [4.78, 5) is 12.7. The molecule has 0 aromatic heterocycles. The third-order valence-corrected chi connectivity index (χ3v) is 11.8. The minimum absolute atomic E-state index is 0.0475. The summed E-state index contributed by atoms with van der Waals surface area (Å²) in [5.74, 6) is 0.389. The van der Waals surface area contributed by atoms with Crippen molar-refractivity contribution in [1.82, 2.24) is 4.90 Å². The number of ether oxygens (including phenoxy) is 2. The van der Waals surface area contributed by atoms with Crippen LogP contribution in [0.5, 0.6) is 0 Å². The number of carbonyl (C=O) groups is 1. The van der Waals surface area contributed by atoms with Gasteiger partial charge in [-0.2, -0.15) is 0 Å². The standard InChI is InChI=1S/C28H41NO5Si/c1-28(2,3)35(25-12-6-4-7-13-25,26-14-8-5-9-15-26)34-22-21-33-20-19-32-18-16-24-11-10-17-29(23-24)27(30)31/h4-9,12-15,24H,10-11,16-23H2,1-3H3,(H,30,31). The van der Waals surface area contributed by atoms with Crippen LogP contribution in [0.25, 0.3) is 0 Å². The first-order chi connectivity index (χ1) is 16.8. The van der Waals surface area contributed by atoms with Crippen molar-refractivity contribution in [2.75, 3.05) is 46.1 Å². The van der Waals surface area contributed by atoms with Crippen molar-refractivity contribution >= 4 is 24.8 Å². The molecule has 1 saturated heterocycles. The van der Waals surface area contributed by atoms with E-state index in [1.165, 1.54) is 15.3 Å². The average molecular weight is 500 g/mol. The average Bonchev–Trinajstić information content (AvgIpc) is 2.86. The van der Waals surface area contributed by atoms with E-state index < -0.39 is 14.4 Å². The highest BCUT2D eigenvalue weighted by Gasteiger charge is 2.49. The van der Waals surface area contributed by atoms with Gasteiger partial charge in [-0.3, -0.25) is 0 Å². The molecule has 6 nitrogen and oxygen atoms in total. The topological polar surface area (TPSA) is 68.2 Å². The van der Waals surface area contributed by atoms with Crippen LogP contribution in [0.4, 0.5) is 4.79 Å². The van der Waals surface area contributed by atoms with E-state index in [-0.39, 0.29) is 5.04 Å². The monoisotopic (exact) mass is 499 g/mol. The van der Waals surface area contributed by atoms with Crippen LogP contribution < -0.4 is 10.4 Å². The second kappa shape index (κ2) is 13.2. The van der Waals surface area contributed by atoms with Crippen LogP contribution in [-0.4, -0.2) is 70.5 Å². The second-order valence-corrected chi connectivity index (χ2v) is 14.6. The lowest BCUT2D eigenvalue weighted by molar-refractivity contribution is 0.0280. The molecule has 2 aromatic rings. The van der Waals surface area contributed by atoms with E-state index in [1.807, 2.05) is 0 Å². The minimum Gasteiger partial charge on any atom is -0.465 e. The Morgan fingerprint density at radius 1 is 0.914 bits per heavy atom. The molecule has 35 heavy (non-hydrogen) atoms. The quantitative estimate of drug-likeness (QED) is 0.347. The van der Waals surface area contributed by atoms with Crippen molar-refractivity contribution in [3.63, 3.8) is 0 Å². The predicted octanol–water partition coefficient (Wildman–Crippen LogP) is 4.38. The summed E-state index contributed by atoms with van der Waals surface area (Å²) >= 11 is 0. The number of amides is 1. The molecular formula is C28H41NO5Si. The van der Waals surface area contributed by atoms with Crippen molar-refractivity contribution in [2.24, 2.45) is 5.92 Å². The Labute approximate surface area is 211 Å². The zero-order valence-electron chi connectivity index (χ0n) is 21.4. The lowest BCUT2D eigenvalue weighted by Gasteiger charge is -2.43. The molecule has 0 saturated carbocycles. The molecule has 192 valence electrons. The Kier molecular flexibility index (Phi) is 10.3. The van der Waals surface area contributed by atoms with Gasteiger partial charge in [-0.05, 0) is 40.6 Å². The Balaban J connectivity index is 1.45. The van der Waals surface area contributed by atoms with E-state index in [0.717, 1.165) is 19.3 Å². The predicted molar refractivity (Wildman–Crippen MR) is 142 cm³/mol. The molecule has 1 heterocycles. The molecule has 1 atom stereocenters. The molecule has 7 heteroatoms. The number of nitrogens with zero attached hydrogens (tertiary/aromatic N) is 1. The van der Waals surface area contributed by atoms with Gasteiger partial charge in [0.05, 0.1) is 26.4 Å². The van der Waals surface area contributed by atoms with Gasteiger partial charge in [0.2, 0.25) is 0 Å². The van der Waals surface area contributed by atoms with E-state index in [1.54, 1.807) is 0 Å². The maximum atomic E-state index is 11.1. The van der Waals surface area contributed by atoms with Crippen molar-refractivity contribution in [1.29, 1.82) is 0 Å². The summed E-state index contributed by atoms with van der Waals surface area (Å²) in [6.45, 7) is 10.8. The van der Waals surface area contributed by atoms with Crippen LogP contribution in [0.2, 0.25) is 5.04 Å². The summed E-state index contributed by atoms with van der Waals surface area (Å²) in [5.41, 5.74) is 0. The first-order valence-corrected chi connectivity index (χ1v) is 14.6. The van der Waals surface area contributed by atoms with Crippen LogP contribution >= 0.6 is 0 Å². The summed E-state index contributed by atoms with van der Waals surface area (Å²) in [6, 6.07) is 21.3. The van der Waals surface area contributed by atoms with Crippen molar-refractivity contribution in [3.8, 4) is 0 Å². The number of hydrogen-bond acceptors (Lipinski definition) is 4. The summed E-state index contributed by atoms with van der Waals surface area (Å²) < 4.78 is 18.4. The van der Waals surface area contributed by atoms with Gasteiger partial charge in [-0.1, -0.05) is 81.4 Å². The number of rotatable bonds is 12. The molecular weight excluding hydrogens is 458 g/mol. The maximum absolute atomic E-state index is 11.1. The van der Waals surface area contributed by atoms with Crippen LogP contribution in [0.15, 0.2) is 60.7 Å². The number of hydrogen-bond donors (Lipinski definition) is 1. The highest BCUT2D eigenvalue weighted by atomic mass is 28.4. The third-order valence-electron chi connectivity index (χ3n) is 6.80. The first kappa shape index (κ1) is 27.4. The molecule has 0 spiro atoms. The Bertz CT molecular complexity index is 848. The molecule has 1 N–H and O–H groups in total. The lowest BCUT2D eigenvalue weighted by Crippen LogP contribution is -2.66. The van der Waals surface area contributed by atoms with Gasteiger partial charge in [0.25, 0.3) is 8.32 Å². The summed E-state index contributed by atoms with van der Waals surface area (Å²) in [7, 11) is -2.52. The Morgan fingerprint density at radius 2 is 1.46 bits per heavy atom. The number of carboxylic acid groups (broad SMARTS) is 1. The van der Waals surface area contributed by atoms with E-state index in [2.05, 4.69) is 81.4 Å². The van der Waals surface area contributed by atoms with Crippen LogP contribution in [-0.2, 0) is 13.9 Å². The molecule has 1 amide bonds.